The molecule has 0 bridgehead atoms. The highest BCUT2D eigenvalue weighted by Gasteiger charge is 2.08. The fourth-order valence-electron chi connectivity index (χ4n) is 1.41. The number of nitrogens with zero attached hydrogens (tertiary/aromatic N) is 2. The number of rotatable bonds is 4. The highest BCUT2D eigenvalue weighted by Crippen LogP contribution is 2.16. The van der Waals surface area contributed by atoms with Crippen LogP contribution < -0.4 is 10.5 Å². The minimum atomic E-state index is -0.0888. The standard InChI is InChI=1S/C12H11BrN4O/c13-9-3-1-2-8(6-9)7-18-12-10(11(14)15)4-5-16-17-12/h1-6H,7H2,(H3,14,15). The molecule has 0 fully saturated rings. The lowest BCUT2D eigenvalue weighted by atomic mass is 10.2. The summed E-state index contributed by atoms with van der Waals surface area (Å²) in [6.45, 7) is 0.346. The molecule has 0 amide bonds. The fraction of sp³-hybridized carbons (Fsp3) is 0.0833. The molecular weight excluding hydrogens is 296 g/mol. The summed E-state index contributed by atoms with van der Waals surface area (Å²) >= 11 is 3.39. The van der Waals surface area contributed by atoms with Crippen molar-refractivity contribution in [2.75, 3.05) is 0 Å². The summed E-state index contributed by atoms with van der Waals surface area (Å²) in [4.78, 5) is 0. The van der Waals surface area contributed by atoms with E-state index in [-0.39, 0.29) is 11.7 Å². The van der Waals surface area contributed by atoms with E-state index in [1.165, 1.54) is 6.20 Å². The van der Waals surface area contributed by atoms with Crippen LogP contribution in [-0.2, 0) is 6.61 Å². The van der Waals surface area contributed by atoms with Crippen LogP contribution in [0.2, 0.25) is 0 Å². The van der Waals surface area contributed by atoms with Crippen molar-refractivity contribution >= 4 is 21.8 Å². The average Bonchev–Trinajstić information content (AvgIpc) is 2.37. The summed E-state index contributed by atoms with van der Waals surface area (Å²) in [5.74, 6) is 0.180. The van der Waals surface area contributed by atoms with Gasteiger partial charge in [-0.05, 0) is 23.8 Å². The molecule has 3 N–H and O–H groups in total. The first-order valence-corrected chi connectivity index (χ1v) is 5.99. The van der Waals surface area contributed by atoms with Crippen molar-refractivity contribution in [3.8, 4) is 5.88 Å². The van der Waals surface area contributed by atoms with Crippen LogP contribution in [0.1, 0.15) is 11.1 Å². The molecule has 6 heteroatoms. The Kier molecular flexibility index (Phi) is 3.88. The second-order valence-electron chi connectivity index (χ2n) is 3.58. The maximum absolute atomic E-state index is 7.42. The van der Waals surface area contributed by atoms with Gasteiger partial charge in [-0.2, -0.15) is 5.10 Å². The second kappa shape index (κ2) is 5.59. The van der Waals surface area contributed by atoms with Crippen LogP contribution in [0.3, 0.4) is 0 Å². The Bertz CT molecular complexity index is 574. The Morgan fingerprint density at radius 3 is 2.94 bits per heavy atom. The second-order valence-corrected chi connectivity index (χ2v) is 4.50. The quantitative estimate of drug-likeness (QED) is 0.669. The number of nitrogens with two attached hydrogens (primary N) is 1. The van der Waals surface area contributed by atoms with E-state index in [9.17, 15) is 0 Å². The lowest BCUT2D eigenvalue weighted by Gasteiger charge is -2.08. The van der Waals surface area contributed by atoms with Crippen molar-refractivity contribution < 1.29 is 4.74 Å². The predicted molar refractivity (Wildman–Crippen MR) is 71.5 cm³/mol. The summed E-state index contributed by atoms with van der Waals surface area (Å²) in [6, 6.07) is 9.35. The number of nitrogens with one attached hydrogen (secondary N) is 1. The van der Waals surface area contributed by atoms with E-state index in [1.807, 2.05) is 24.3 Å². The topological polar surface area (TPSA) is 84.9 Å². The maximum atomic E-state index is 7.42. The van der Waals surface area contributed by atoms with Crippen molar-refractivity contribution in [1.29, 1.82) is 5.41 Å². The first kappa shape index (κ1) is 12.5. The molecule has 1 aromatic heterocycles. The van der Waals surface area contributed by atoms with Crippen LogP contribution in [0.4, 0.5) is 0 Å². The fourth-order valence-corrected chi connectivity index (χ4v) is 1.86. The van der Waals surface area contributed by atoms with Gasteiger partial charge in [0.05, 0.1) is 11.8 Å². The van der Waals surface area contributed by atoms with Gasteiger partial charge >= 0.3 is 0 Å². The number of amidine groups is 1. The molecule has 0 aliphatic carbocycles. The predicted octanol–water partition coefficient (Wildman–Crippen LogP) is 2.10. The SMILES string of the molecule is N=C(N)c1ccnnc1OCc1cccc(Br)c1. The third-order valence-corrected chi connectivity index (χ3v) is 2.73. The van der Waals surface area contributed by atoms with E-state index >= 15 is 0 Å². The summed E-state index contributed by atoms with van der Waals surface area (Å²) in [7, 11) is 0. The highest BCUT2D eigenvalue weighted by molar-refractivity contribution is 9.10. The van der Waals surface area contributed by atoms with Crippen molar-refractivity contribution in [1.82, 2.24) is 10.2 Å². The van der Waals surface area contributed by atoms with Gasteiger partial charge in [-0.15, -0.1) is 5.10 Å². The monoisotopic (exact) mass is 306 g/mol. The van der Waals surface area contributed by atoms with Gasteiger partial charge in [0.25, 0.3) is 0 Å². The molecule has 2 rings (SSSR count). The molecule has 0 aliphatic heterocycles. The molecule has 0 spiro atoms. The molecule has 0 unspecified atom stereocenters. The van der Waals surface area contributed by atoms with Crippen molar-refractivity contribution in [2.45, 2.75) is 6.61 Å². The zero-order valence-electron chi connectivity index (χ0n) is 9.43. The van der Waals surface area contributed by atoms with E-state index in [1.54, 1.807) is 6.07 Å². The number of hydrogen-bond acceptors (Lipinski definition) is 4. The van der Waals surface area contributed by atoms with Crippen LogP contribution in [-0.4, -0.2) is 16.0 Å². The molecule has 1 aromatic carbocycles. The van der Waals surface area contributed by atoms with Crippen molar-refractivity contribution in [3.05, 3.63) is 52.1 Å². The maximum Gasteiger partial charge on any atom is 0.244 e. The van der Waals surface area contributed by atoms with Gasteiger partial charge in [0.2, 0.25) is 5.88 Å². The van der Waals surface area contributed by atoms with Crippen LogP contribution in [0.5, 0.6) is 5.88 Å². The Morgan fingerprint density at radius 2 is 2.22 bits per heavy atom. The lowest BCUT2D eigenvalue weighted by molar-refractivity contribution is 0.289. The van der Waals surface area contributed by atoms with Crippen LogP contribution in [0.25, 0.3) is 0 Å². The third-order valence-electron chi connectivity index (χ3n) is 2.24. The van der Waals surface area contributed by atoms with Gasteiger partial charge in [-0.25, -0.2) is 0 Å². The zero-order valence-corrected chi connectivity index (χ0v) is 11.0. The van der Waals surface area contributed by atoms with Gasteiger partial charge in [-0.1, -0.05) is 28.1 Å². The number of halogens is 1. The van der Waals surface area contributed by atoms with Gasteiger partial charge < -0.3 is 10.5 Å². The average molecular weight is 307 g/mol. The van der Waals surface area contributed by atoms with Crippen molar-refractivity contribution in [3.63, 3.8) is 0 Å². The minimum absolute atomic E-state index is 0.0888. The number of nitrogen functional groups attached to an aromatic ring is 1. The minimum Gasteiger partial charge on any atom is -0.471 e. The summed E-state index contributed by atoms with van der Waals surface area (Å²) in [6.07, 6.45) is 1.47. The van der Waals surface area contributed by atoms with Crippen LogP contribution in [0.15, 0.2) is 41.0 Å². The van der Waals surface area contributed by atoms with E-state index in [4.69, 9.17) is 15.9 Å². The Morgan fingerprint density at radius 1 is 1.39 bits per heavy atom. The number of aromatic nitrogens is 2. The summed E-state index contributed by atoms with van der Waals surface area (Å²) < 4.78 is 6.51. The zero-order chi connectivity index (χ0) is 13.0. The normalized spacial score (nSPS) is 10.1. The van der Waals surface area contributed by atoms with E-state index < -0.39 is 0 Å². The molecule has 0 aliphatic rings. The van der Waals surface area contributed by atoms with Crippen molar-refractivity contribution in [2.24, 2.45) is 5.73 Å². The molecule has 5 nitrogen and oxygen atoms in total. The molecule has 18 heavy (non-hydrogen) atoms. The molecule has 0 saturated heterocycles. The van der Waals surface area contributed by atoms with Gasteiger partial charge in [0.1, 0.15) is 12.4 Å². The van der Waals surface area contributed by atoms with Gasteiger partial charge in [0, 0.05) is 4.47 Å². The molecule has 0 radical (unpaired) electrons. The first-order chi connectivity index (χ1) is 8.66. The van der Waals surface area contributed by atoms with Crippen LogP contribution >= 0.6 is 15.9 Å². The summed E-state index contributed by atoms with van der Waals surface area (Å²) in [5, 5.41) is 15.0. The Balaban J connectivity index is 2.13. The number of hydrogen-bond donors (Lipinski definition) is 2. The Hall–Kier alpha value is -1.95. The van der Waals surface area contributed by atoms with Gasteiger partial charge in [-0.3, -0.25) is 5.41 Å². The molecule has 1 heterocycles. The third kappa shape index (κ3) is 3.04. The number of benzene rings is 1. The van der Waals surface area contributed by atoms with Crippen LogP contribution in [0, 0.1) is 5.41 Å². The largest absolute Gasteiger partial charge is 0.471 e. The van der Waals surface area contributed by atoms with Gasteiger partial charge in [0.15, 0.2) is 0 Å². The van der Waals surface area contributed by atoms with E-state index in [2.05, 4.69) is 26.1 Å². The molecule has 92 valence electrons. The Labute approximate surface area is 113 Å². The number of ether oxygens (including phenoxy) is 1. The lowest BCUT2D eigenvalue weighted by Crippen LogP contribution is -2.14. The molecule has 0 atom stereocenters. The molecule has 2 aromatic rings. The molecule has 0 saturated carbocycles. The highest BCUT2D eigenvalue weighted by atomic mass is 79.9. The van der Waals surface area contributed by atoms with E-state index in [0.717, 1.165) is 10.0 Å². The first-order valence-electron chi connectivity index (χ1n) is 5.20. The summed E-state index contributed by atoms with van der Waals surface area (Å²) in [5.41, 5.74) is 6.87. The smallest absolute Gasteiger partial charge is 0.244 e. The molecular formula is C12H11BrN4O. The van der Waals surface area contributed by atoms with E-state index in [0.29, 0.717) is 12.2 Å².